The normalized spacial score (nSPS) is 34.2. The lowest BCUT2D eigenvalue weighted by atomic mass is 9.49. The first-order valence-electron chi connectivity index (χ1n) is 30.5. The summed E-state index contributed by atoms with van der Waals surface area (Å²) in [5.74, 6) is 4.73. The van der Waals surface area contributed by atoms with E-state index < -0.39 is 91.5 Å². The number of aromatic nitrogens is 8. The second-order valence-electron chi connectivity index (χ2n) is 25.5. The van der Waals surface area contributed by atoms with Crippen molar-refractivity contribution in [3.63, 3.8) is 0 Å². The summed E-state index contributed by atoms with van der Waals surface area (Å²) in [5, 5.41) is 16.7. The molecule has 8 aliphatic carbocycles. The Balaban J connectivity index is 0.659. The van der Waals surface area contributed by atoms with Crippen LogP contribution in [0.15, 0.2) is 25.3 Å². The zero-order valence-corrected chi connectivity index (χ0v) is 51.1. The largest absolute Gasteiger partial charge is 0.472 e. The van der Waals surface area contributed by atoms with E-state index in [4.69, 9.17) is 67.5 Å². The van der Waals surface area contributed by atoms with Crippen molar-refractivity contribution in [1.82, 2.24) is 49.7 Å². The molecule has 33 heteroatoms. The first kappa shape index (κ1) is 63.6. The molecule has 31 nitrogen and oxygen atoms in total. The Bertz CT molecular complexity index is 3090. The number of carbonyl (C=O) groups excluding carboxylic acids is 2. The summed E-state index contributed by atoms with van der Waals surface area (Å²) in [4.78, 5) is 73.7. The Morgan fingerprint density at radius 1 is 0.591 bits per heavy atom. The summed E-state index contributed by atoms with van der Waals surface area (Å²) in [6.07, 6.45) is 9.68. The number of carbonyl (C=O) groups is 2. The molecule has 8 saturated carbocycles. The third kappa shape index (κ3) is 14.6. The predicted molar refractivity (Wildman–Crippen MR) is 306 cm³/mol. The fraction of sp³-hybridized carbons (Fsp3) is 0.782. The highest BCUT2D eigenvalue weighted by Crippen LogP contribution is 2.63. The Morgan fingerprint density at radius 2 is 1.00 bits per heavy atom. The molecule has 9 N–H and O–H groups in total. The number of nitrogens with zero attached hydrogens (tertiary/aromatic N) is 8. The highest BCUT2D eigenvalue weighted by molar-refractivity contribution is 7.47. The zero-order chi connectivity index (χ0) is 61.2. The molecule has 14 rings (SSSR count). The minimum absolute atomic E-state index is 0.0324. The minimum Gasteiger partial charge on any atom is -0.394 e. The maximum absolute atomic E-state index is 14.3. The fourth-order valence-corrected chi connectivity index (χ4v) is 18.2. The number of nitrogen functional groups attached to an aromatic ring is 2. The lowest BCUT2D eigenvalue weighted by molar-refractivity contribution is -0.143. The molecule has 8 bridgehead atoms. The number of phosphoric acid groups is 2. The molecule has 486 valence electrons. The maximum Gasteiger partial charge on any atom is 0.472 e. The zero-order valence-electron chi connectivity index (χ0n) is 49.3. The van der Waals surface area contributed by atoms with Gasteiger partial charge in [-0.1, -0.05) is 0 Å². The second kappa shape index (κ2) is 27.4. The Kier molecular flexibility index (Phi) is 19.8. The first-order valence-corrected chi connectivity index (χ1v) is 33.5. The van der Waals surface area contributed by atoms with E-state index in [1.165, 1.54) is 73.0 Å². The van der Waals surface area contributed by atoms with Gasteiger partial charge in [0.2, 0.25) is 11.8 Å². The molecule has 0 spiro atoms. The Hall–Kier alpha value is -4.50. The number of hydrogen-bond donors (Lipinski definition) is 7. The number of aliphatic hydroxyl groups excluding tert-OH is 1. The molecule has 6 heterocycles. The molecular formula is C55H82N12O19P2. The Labute approximate surface area is 507 Å². The van der Waals surface area contributed by atoms with Gasteiger partial charge in [-0.25, -0.2) is 39.0 Å². The molecule has 10 aliphatic rings. The maximum atomic E-state index is 14.3. The molecular weight excluding hydrogens is 1190 g/mol. The van der Waals surface area contributed by atoms with Gasteiger partial charge in [-0.15, -0.1) is 0 Å². The number of aliphatic hydroxyl groups is 1. The van der Waals surface area contributed by atoms with Crippen molar-refractivity contribution < 1.29 is 89.6 Å². The molecule has 2 saturated heterocycles. The first-order chi connectivity index (χ1) is 42.5. The van der Waals surface area contributed by atoms with Gasteiger partial charge < -0.3 is 74.9 Å². The average molecular weight is 1280 g/mol. The lowest BCUT2D eigenvalue weighted by Crippen LogP contribution is -2.48. The number of phosphoric ester groups is 2. The van der Waals surface area contributed by atoms with Crippen LogP contribution in [0, 0.1) is 46.3 Å². The van der Waals surface area contributed by atoms with Crippen LogP contribution in [0.25, 0.3) is 22.3 Å². The molecule has 4 aromatic rings. The number of anilines is 2. The van der Waals surface area contributed by atoms with Crippen molar-refractivity contribution in [3.8, 4) is 0 Å². The van der Waals surface area contributed by atoms with Crippen molar-refractivity contribution >= 4 is 61.4 Å². The summed E-state index contributed by atoms with van der Waals surface area (Å²) < 4.78 is 100. The molecule has 88 heavy (non-hydrogen) atoms. The lowest BCUT2D eigenvalue weighted by Gasteiger charge is -2.56. The summed E-state index contributed by atoms with van der Waals surface area (Å²) in [7, 11) is -9.26. The minimum atomic E-state index is -5.31. The number of fused-ring (bicyclic) bond motifs is 2. The van der Waals surface area contributed by atoms with Gasteiger partial charge >= 0.3 is 15.6 Å². The van der Waals surface area contributed by atoms with Crippen molar-refractivity contribution in [1.29, 1.82) is 0 Å². The van der Waals surface area contributed by atoms with Gasteiger partial charge in [-0.05, 0) is 123 Å². The van der Waals surface area contributed by atoms with Crippen LogP contribution in [0.4, 0.5) is 11.6 Å². The topological polar surface area (TPSA) is 403 Å². The molecule has 0 radical (unpaired) electrons. The molecule has 0 aromatic carbocycles. The monoisotopic (exact) mass is 1280 g/mol. The van der Waals surface area contributed by atoms with Gasteiger partial charge in [0.15, 0.2) is 35.4 Å². The quantitative estimate of drug-likeness (QED) is 0.0204. The van der Waals surface area contributed by atoms with Crippen LogP contribution < -0.4 is 22.1 Å². The summed E-state index contributed by atoms with van der Waals surface area (Å²) in [6, 6.07) is 0. The van der Waals surface area contributed by atoms with Crippen molar-refractivity contribution in [2.24, 2.45) is 46.3 Å². The van der Waals surface area contributed by atoms with E-state index in [0.29, 0.717) is 25.9 Å². The van der Waals surface area contributed by atoms with E-state index in [1.54, 1.807) is 0 Å². The molecule has 2 aliphatic heterocycles. The smallest absolute Gasteiger partial charge is 0.394 e. The summed E-state index contributed by atoms with van der Waals surface area (Å²) in [6.45, 7) is -0.955. The van der Waals surface area contributed by atoms with Gasteiger partial charge in [-0.3, -0.25) is 36.8 Å². The highest BCUT2D eigenvalue weighted by Gasteiger charge is 2.56. The number of imidazole rings is 2. The molecule has 10 atom stereocenters. The van der Waals surface area contributed by atoms with E-state index >= 15 is 0 Å². The van der Waals surface area contributed by atoms with Crippen LogP contribution in [0.1, 0.15) is 102 Å². The Morgan fingerprint density at radius 3 is 1.43 bits per heavy atom. The highest BCUT2D eigenvalue weighted by atomic mass is 31.2. The second-order valence-corrected chi connectivity index (χ2v) is 28.4. The SMILES string of the molecule is COP(=O)(O)OC1[C@@H](COP(=O)(O)OC2[C@@H](CO)O[C@@H](n3cnc4c(N)ncnc43)[C@H]2OCOCCOCCNC(=O)CC23CC4CC(CC(C4)C2)C3)O[C@@H](n2cnc3c(N)ncnc32)[C@H]1OCOCCOCCNC(=O)CC12CC3CC(CC(C3)C1)C2. The van der Waals surface area contributed by atoms with Crippen molar-refractivity contribution in [2.45, 2.75) is 139 Å². The standard InChI is InChI=1S/C55H82N12O19P2/c1-75-87(71,72)85-45-39(84-53(67-29-65-43-49(57)61-27-63-51(43)67)47(45)81-31-79-9-7-77-5-3-59-41(70)23-55-19-35-13-36(20-55)15-37(14-35)21-55)25-82-88(73,74)86-44-38(24-68)83-52(66-28-64-42-48(56)60-26-62-50(42)66)46(44)80-30-78-8-6-76-4-2-58-40(69)22-54-16-32-10-33(17-54)12-34(11-32)18-54/h26-29,32-39,44-47,52-53,68H,2-25,30-31H2,1H3,(H,58,69)(H,59,70)(H,71,72)(H,73,74)(H2,56,60,62)(H2,57,61,63)/t32?,33?,34?,35?,36?,37?,38-,39-,44?,45?,46+,47+,52-,53-,54?,55?/m1/s1. The van der Waals surface area contributed by atoms with Crippen LogP contribution in [-0.2, 0) is 74.7 Å². The van der Waals surface area contributed by atoms with Crippen LogP contribution in [0.2, 0.25) is 0 Å². The third-order valence-corrected chi connectivity index (χ3v) is 21.1. The van der Waals surface area contributed by atoms with Gasteiger partial charge in [-0.2, -0.15) is 0 Å². The van der Waals surface area contributed by atoms with E-state index in [2.05, 4.69) is 40.5 Å². The molecule has 10 fully saturated rings. The molecule has 2 amide bonds. The number of nitrogens with one attached hydrogen (secondary N) is 2. The van der Waals surface area contributed by atoms with Crippen LogP contribution >= 0.6 is 15.6 Å². The molecule has 4 aromatic heterocycles. The van der Waals surface area contributed by atoms with Crippen LogP contribution in [0.5, 0.6) is 0 Å². The van der Waals surface area contributed by atoms with Gasteiger partial charge in [0.05, 0.1) is 65.5 Å². The number of ether oxygens (including phenoxy) is 8. The van der Waals surface area contributed by atoms with E-state index in [0.717, 1.165) is 81.1 Å². The van der Waals surface area contributed by atoms with Crippen molar-refractivity contribution in [2.75, 3.05) is 98.1 Å². The van der Waals surface area contributed by atoms with Crippen molar-refractivity contribution in [3.05, 3.63) is 25.3 Å². The van der Waals surface area contributed by atoms with E-state index in [-0.39, 0.29) is 96.2 Å². The number of rotatable bonds is 33. The third-order valence-electron chi connectivity index (χ3n) is 19.2. The van der Waals surface area contributed by atoms with Crippen LogP contribution in [-0.4, -0.2) is 189 Å². The van der Waals surface area contributed by atoms with Gasteiger partial charge in [0.1, 0.15) is 73.9 Å². The number of amides is 2. The van der Waals surface area contributed by atoms with Crippen LogP contribution in [0.3, 0.4) is 0 Å². The van der Waals surface area contributed by atoms with E-state index in [9.17, 15) is 33.6 Å². The number of nitrogens with two attached hydrogens (primary N) is 2. The van der Waals surface area contributed by atoms with Gasteiger partial charge in [0.25, 0.3) is 0 Å². The number of hydrogen-bond acceptors (Lipinski definition) is 25. The van der Waals surface area contributed by atoms with Gasteiger partial charge in [0, 0.05) is 33.0 Å². The van der Waals surface area contributed by atoms with E-state index in [1.807, 2.05) is 0 Å². The fourth-order valence-electron chi connectivity index (χ4n) is 16.6. The molecule has 4 unspecified atom stereocenters. The summed E-state index contributed by atoms with van der Waals surface area (Å²) in [5.41, 5.74) is 13.3. The predicted octanol–water partition coefficient (Wildman–Crippen LogP) is 3.45. The average Bonchev–Trinajstić information content (AvgIpc) is 1.86. The summed E-state index contributed by atoms with van der Waals surface area (Å²) >= 11 is 0.